The van der Waals surface area contributed by atoms with E-state index < -0.39 is 0 Å². The molecule has 150 valence electrons. The van der Waals surface area contributed by atoms with Crippen molar-refractivity contribution in [2.75, 3.05) is 19.7 Å². The molecule has 0 bridgehead atoms. The first-order valence-electron chi connectivity index (χ1n) is 10.2. The number of rotatable bonds is 6. The Morgan fingerprint density at radius 2 is 1.97 bits per heavy atom. The van der Waals surface area contributed by atoms with Gasteiger partial charge in [0.15, 0.2) is 5.76 Å². The van der Waals surface area contributed by atoms with Crippen molar-refractivity contribution in [1.29, 1.82) is 0 Å². The number of ether oxygens (including phenoxy) is 1. The number of carbonyl (C=O) groups excluding carboxylic acids is 1. The molecule has 0 radical (unpaired) electrons. The lowest BCUT2D eigenvalue weighted by Crippen LogP contribution is -2.37. The summed E-state index contributed by atoms with van der Waals surface area (Å²) < 4.78 is 11.7. The van der Waals surface area contributed by atoms with Crippen LogP contribution in [-0.2, 0) is 4.74 Å². The summed E-state index contributed by atoms with van der Waals surface area (Å²) in [4.78, 5) is 19.6. The molecular weight excluding hydrogens is 364 g/mol. The molecule has 3 aromatic rings. The molecule has 1 fully saturated rings. The van der Waals surface area contributed by atoms with Gasteiger partial charge in [-0.05, 0) is 38.8 Å². The van der Waals surface area contributed by atoms with Crippen molar-refractivity contribution < 1.29 is 13.9 Å². The van der Waals surface area contributed by atoms with Crippen molar-refractivity contribution in [3.63, 3.8) is 0 Å². The van der Waals surface area contributed by atoms with E-state index in [2.05, 4.69) is 4.98 Å². The zero-order valence-corrected chi connectivity index (χ0v) is 16.9. The molecule has 1 unspecified atom stereocenters. The van der Waals surface area contributed by atoms with Crippen LogP contribution in [0, 0.1) is 6.92 Å². The first kappa shape index (κ1) is 19.4. The first-order valence-corrected chi connectivity index (χ1v) is 10.2. The monoisotopic (exact) mass is 390 g/mol. The van der Waals surface area contributed by atoms with Crippen molar-refractivity contribution in [2.45, 2.75) is 32.8 Å². The third-order valence-corrected chi connectivity index (χ3v) is 5.35. The molecule has 2 heterocycles. The third kappa shape index (κ3) is 4.25. The Bertz CT molecular complexity index is 972. The highest BCUT2D eigenvalue weighted by Gasteiger charge is 2.25. The fraction of sp³-hybridized carbons (Fsp3) is 0.333. The lowest BCUT2D eigenvalue weighted by molar-refractivity contribution is 0.0539. The summed E-state index contributed by atoms with van der Waals surface area (Å²) in [5.41, 5.74) is 3.47. The van der Waals surface area contributed by atoms with Crippen LogP contribution >= 0.6 is 0 Å². The van der Waals surface area contributed by atoms with Crippen LogP contribution < -0.4 is 0 Å². The number of likely N-dealkylation sites (N-methyl/N-ethyl adjacent to an activating group) is 1. The third-order valence-electron chi connectivity index (χ3n) is 5.35. The van der Waals surface area contributed by atoms with Gasteiger partial charge in [-0.3, -0.25) is 4.79 Å². The average Bonchev–Trinajstić information content (AvgIpc) is 3.44. The minimum absolute atomic E-state index is 0.0197. The number of nitrogens with zero attached hydrogens (tertiary/aromatic N) is 2. The standard InChI is InChI=1S/C24H26N2O3/c1-3-26(16-19-7-6-14-28-19)24(27)21-9-5-4-8-20(21)23-25-15-22(29-23)18-12-10-17(2)11-13-18/h4-5,8-13,15,19H,3,6-7,14,16H2,1-2H3. The zero-order chi connectivity index (χ0) is 20.2. The van der Waals surface area contributed by atoms with Crippen molar-refractivity contribution in [1.82, 2.24) is 9.88 Å². The smallest absolute Gasteiger partial charge is 0.254 e. The maximum absolute atomic E-state index is 13.3. The summed E-state index contributed by atoms with van der Waals surface area (Å²) in [5.74, 6) is 1.13. The van der Waals surface area contributed by atoms with E-state index in [1.807, 2.05) is 67.3 Å². The Morgan fingerprint density at radius 1 is 1.17 bits per heavy atom. The minimum Gasteiger partial charge on any atom is -0.436 e. The fourth-order valence-electron chi connectivity index (χ4n) is 3.67. The first-order chi connectivity index (χ1) is 14.2. The summed E-state index contributed by atoms with van der Waals surface area (Å²) in [5, 5.41) is 0. The molecule has 1 aliphatic rings. The zero-order valence-electron chi connectivity index (χ0n) is 16.9. The molecule has 0 spiro atoms. The summed E-state index contributed by atoms with van der Waals surface area (Å²) in [6.45, 7) is 6.08. The van der Waals surface area contributed by atoms with Crippen LogP contribution in [0.1, 0.15) is 35.7 Å². The Balaban J connectivity index is 1.61. The molecule has 1 aromatic heterocycles. The molecule has 2 aromatic carbocycles. The maximum Gasteiger partial charge on any atom is 0.254 e. The molecule has 0 saturated carbocycles. The lowest BCUT2D eigenvalue weighted by atomic mass is 10.1. The van der Waals surface area contributed by atoms with Gasteiger partial charge >= 0.3 is 0 Å². The Morgan fingerprint density at radius 3 is 2.69 bits per heavy atom. The van der Waals surface area contributed by atoms with Gasteiger partial charge in [0.05, 0.1) is 17.9 Å². The molecule has 1 saturated heterocycles. The van der Waals surface area contributed by atoms with Crippen LogP contribution in [0.15, 0.2) is 59.1 Å². The molecule has 29 heavy (non-hydrogen) atoms. The van der Waals surface area contributed by atoms with Crippen molar-refractivity contribution in [3.8, 4) is 22.8 Å². The van der Waals surface area contributed by atoms with Crippen molar-refractivity contribution in [2.24, 2.45) is 0 Å². The predicted octanol–water partition coefficient (Wildman–Crippen LogP) is 4.96. The maximum atomic E-state index is 13.3. The highest BCUT2D eigenvalue weighted by molar-refractivity contribution is 6.00. The summed E-state index contributed by atoms with van der Waals surface area (Å²) in [6.07, 6.45) is 3.91. The van der Waals surface area contributed by atoms with Crippen LogP contribution in [-0.4, -0.2) is 41.6 Å². The second-order valence-electron chi connectivity index (χ2n) is 7.42. The highest BCUT2D eigenvalue weighted by atomic mass is 16.5. The van der Waals surface area contributed by atoms with Gasteiger partial charge in [-0.25, -0.2) is 4.98 Å². The van der Waals surface area contributed by atoms with Gasteiger partial charge in [-0.15, -0.1) is 0 Å². The second-order valence-corrected chi connectivity index (χ2v) is 7.42. The Labute approximate surface area is 171 Å². The number of carbonyl (C=O) groups is 1. The Hall–Kier alpha value is -2.92. The number of hydrogen-bond donors (Lipinski definition) is 0. The molecular formula is C24H26N2O3. The van der Waals surface area contributed by atoms with Gasteiger partial charge in [0.25, 0.3) is 5.91 Å². The topological polar surface area (TPSA) is 55.6 Å². The van der Waals surface area contributed by atoms with Crippen LogP contribution in [0.3, 0.4) is 0 Å². The largest absolute Gasteiger partial charge is 0.436 e. The van der Waals surface area contributed by atoms with Crippen LogP contribution in [0.5, 0.6) is 0 Å². The van der Waals surface area contributed by atoms with Crippen LogP contribution in [0.25, 0.3) is 22.8 Å². The number of amides is 1. The van der Waals surface area contributed by atoms with Gasteiger partial charge in [0.2, 0.25) is 5.89 Å². The van der Waals surface area contributed by atoms with E-state index in [1.54, 1.807) is 6.20 Å². The van der Waals surface area contributed by atoms with Gasteiger partial charge in [-0.2, -0.15) is 0 Å². The summed E-state index contributed by atoms with van der Waals surface area (Å²) >= 11 is 0. The summed E-state index contributed by atoms with van der Waals surface area (Å²) in [6, 6.07) is 15.6. The van der Waals surface area contributed by atoms with E-state index in [1.165, 1.54) is 5.56 Å². The molecule has 1 aliphatic heterocycles. The number of oxazole rings is 1. The van der Waals surface area contributed by atoms with E-state index in [-0.39, 0.29) is 12.0 Å². The average molecular weight is 390 g/mol. The quantitative estimate of drug-likeness (QED) is 0.597. The van der Waals surface area contributed by atoms with E-state index in [9.17, 15) is 4.79 Å². The highest BCUT2D eigenvalue weighted by Crippen LogP contribution is 2.29. The van der Waals surface area contributed by atoms with Gasteiger partial charge < -0.3 is 14.1 Å². The van der Waals surface area contributed by atoms with Gasteiger partial charge in [-0.1, -0.05) is 42.0 Å². The Kier molecular flexibility index (Phi) is 5.76. The van der Waals surface area contributed by atoms with Gasteiger partial charge in [0, 0.05) is 30.8 Å². The van der Waals surface area contributed by atoms with Gasteiger partial charge in [0.1, 0.15) is 0 Å². The minimum atomic E-state index is -0.0197. The summed E-state index contributed by atoms with van der Waals surface area (Å²) in [7, 11) is 0. The molecule has 5 nitrogen and oxygen atoms in total. The molecule has 4 rings (SSSR count). The lowest BCUT2D eigenvalue weighted by Gasteiger charge is -2.24. The van der Waals surface area contributed by atoms with Crippen molar-refractivity contribution in [3.05, 3.63) is 65.9 Å². The number of benzene rings is 2. The predicted molar refractivity (Wildman–Crippen MR) is 113 cm³/mol. The normalized spacial score (nSPS) is 16.1. The number of aryl methyl sites for hydroxylation is 1. The van der Waals surface area contributed by atoms with Crippen LogP contribution in [0.2, 0.25) is 0 Å². The second kappa shape index (κ2) is 8.62. The number of hydrogen-bond acceptors (Lipinski definition) is 4. The van der Waals surface area contributed by atoms with Crippen molar-refractivity contribution >= 4 is 5.91 Å². The molecule has 0 aliphatic carbocycles. The fourth-order valence-corrected chi connectivity index (χ4v) is 3.67. The van der Waals surface area contributed by atoms with E-state index in [0.29, 0.717) is 35.9 Å². The molecule has 1 atom stereocenters. The van der Waals surface area contributed by atoms with Crippen LogP contribution in [0.4, 0.5) is 0 Å². The van der Waals surface area contributed by atoms with E-state index in [0.717, 1.165) is 25.0 Å². The van der Waals surface area contributed by atoms with E-state index in [4.69, 9.17) is 9.15 Å². The van der Waals surface area contributed by atoms with E-state index >= 15 is 0 Å². The SMILES string of the molecule is CCN(CC1CCCO1)C(=O)c1ccccc1-c1ncc(-c2ccc(C)cc2)o1. The molecule has 5 heteroatoms. The molecule has 1 amide bonds. The number of aromatic nitrogens is 1. The molecule has 0 N–H and O–H groups in total.